The van der Waals surface area contributed by atoms with Crippen LogP contribution in [-0.4, -0.2) is 39.7 Å². The second kappa shape index (κ2) is 9.29. The largest absolute Gasteiger partial charge is 0.348 e. The number of nitrogens with zero attached hydrogens (tertiary/aromatic N) is 3. The van der Waals surface area contributed by atoms with Gasteiger partial charge < -0.3 is 5.32 Å². The Hall–Kier alpha value is -2.92. The molecule has 5 nitrogen and oxygen atoms in total. The molecular weight excluding hydrogens is 396 g/mol. The molecule has 5 rings (SSSR count). The Balaban J connectivity index is 1.37. The normalized spacial score (nSPS) is 16.9. The summed E-state index contributed by atoms with van der Waals surface area (Å²) in [6.45, 7) is 2.67. The van der Waals surface area contributed by atoms with Crippen molar-refractivity contribution in [3.05, 3.63) is 88.7 Å². The van der Waals surface area contributed by atoms with Gasteiger partial charge in [0, 0.05) is 56.3 Å². The monoisotopic (exact) mass is 428 g/mol. The predicted molar refractivity (Wildman–Crippen MR) is 127 cm³/mol. The number of rotatable bonds is 6. The lowest BCUT2D eigenvalue weighted by Gasteiger charge is -2.31. The van der Waals surface area contributed by atoms with E-state index in [0.717, 1.165) is 44.5 Å². The lowest BCUT2D eigenvalue weighted by Crippen LogP contribution is -2.37. The Bertz CT molecular complexity index is 1010. The second-order valence-corrected chi connectivity index (χ2v) is 9.21. The number of carbonyl (C=O) groups excluding carboxylic acids is 1. The van der Waals surface area contributed by atoms with E-state index < -0.39 is 0 Å². The van der Waals surface area contributed by atoms with Gasteiger partial charge in [-0.1, -0.05) is 73.5 Å². The van der Waals surface area contributed by atoms with Gasteiger partial charge in [0.05, 0.1) is 0 Å². The van der Waals surface area contributed by atoms with Gasteiger partial charge in [0.1, 0.15) is 0 Å². The molecule has 0 saturated heterocycles. The summed E-state index contributed by atoms with van der Waals surface area (Å²) in [6, 6.07) is 21.8. The Morgan fingerprint density at radius 2 is 1.66 bits per heavy atom. The van der Waals surface area contributed by atoms with Crippen LogP contribution in [0.3, 0.4) is 0 Å². The molecule has 0 spiro atoms. The van der Waals surface area contributed by atoms with Crippen molar-refractivity contribution in [2.45, 2.75) is 50.6 Å². The Labute approximate surface area is 190 Å². The van der Waals surface area contributed by atoms with E-state index >= 15 is 0 Å². The standard InChI is InChI=1S/C27H32N4O/c1-30-25-16-17-31(19-24(25)26(29-30)27(32)28-22-14-8-9-15-22)18-23(20-10-4-2-5-11-20)21-12-6-3-7-13-21/h2-7,10-13,22-23H,8-9,14-19H2,1H3,(H,28,32). The molecule has 5 heteroatoms. The number of carbonyl (C=O) groups is 1. The van der Waals surface area contributed by atoms with Crippen LogP contribution < -0.4 is 5.32 Å². The van der Waals surface area contributed by atoms with Crippen LogP contribution in [-0.2, 0) is 20.0 Å². The number of aryl methyl sites for hydroxylation is 1. The van der Waals surface area contributed by atoms with Crippen LogP contribution in [0.15, 0.2) is 60.7 Å². The summed E-state index contributed by atoms with van der Waals surface area (Å²) < 4.78 is 1.92. The van der Waals surface area contributed by atoms with Gasteiger partial charge in [0.2, 0.25) is 0 Å². The van der Waals surface area contributed by atoms with Gasteiger partial charge in [-0.3, -0.25) is 14.4 Å². The first-order chi connectivity index (χ1) is 15.7. The third-order valence-electron chi connectivity index (χ3n) is 7.07. The highest BCUT2D eigenvalue weighted by Crippen LogP contribution is 2.29. The number of fused-ring (bicyclic) bond motifs is 1. The summed E-state index contributed by atoms with van der Waals surface area (Å²) in [4.78, 5) is 15.5. The molecule has 0 bridgehead atoms. The van der Waals surface area contributed by atoms with Crippen molar-refractivity contribution in [1.29, 1.82) is 0 Å². The molecule has 1 N–H and O–H groups in total. The maximum Gasteiger partial charge on any atom is 0.272 e. The molecule has 1 aliphatic heterocycles. The molecule has 0 unspecified atom stereocenters. The van der Waals surface area contributed by atoms with E-state index in [1.807, 2.05) is 11.7 Å². The highest BCUT2D eigenvalue weighted by Gasteiger charge is 2.30. The van der Waals surface area contributed by atoms with Gasteiger partial charge >= 0.3 is 0 Å². The van der Waals surface area contributed by atoms with Crippen molar-refractivity contribution in [2.75, 3.05) is 13.1 Å². The third-order valence-corrected chi connectivity index (χ3v) is 7.07. The molecule has 2 aromatic carbocycles. The lowest BCUT2D eigenvalue weighted by atomic mass is 9.90. The Kier molecular flexibility index (Phi) is 6.08. The fourth-order valence-corrected chi connectivity index (χ4v) is 5.34. The van der Waals surface area contributed by atoms with Crippen molar-refractivity contribution < 1.29 is 4.79 Å². The lowest BCUT2D eigenvalue weighted by molar-refractivity contribution is 0.0929. The highest BCUT2D eigenvalue weighted by atomic mass is 16.2. The molecule has 1 saturated carbocycles. The number of hydrogen-bond donors (Lipinski definition) is 1. The number of benzene rings is 2. The van der Waals surface area contributed by atoms with E-state index in [-0.39, 0.29) is 5.91 Å². The zero-order chi connectivity index (χ0) is 21.9. The quantitative estimate of drug-likeness (QED) is 0.637. The van der Waals surface area contributed by atoms with Crippen molar-refractivity contribution in [2.24, 2.45) is 7.05 Å². The summed E-state index contributed by atoms with van der Waals surface area (Å²) >= 11 is 0. The van der Waals surface area contributed by atoms with Crippen LogP contribution in [0.1, 0.15) is 64.5 Å². The van der Waals surface area contributed by atoms with E-state index in [0.29, 0.717) is 17.7 Å². The van der Waals surface area contributed by atoms with Crippen LogP contribution in [0.5, 0.6) is 0 Å². The second-order valence-electron chi connectivity index (χ2n) is 9.21. The zero-order valence-electron chi connectivity index (χ0n) is 18.8. The minimum absolute atomic E-state index is 0.00160. The predicted octanol–water partition coefficient (Wildman–Crippen LogP) is 4.28. The van der Waals surface area contributed by atoms with Gasteiger partial charge in [0.25, 0.3) is 5.91 Å². The first kappa shape index (κ1) is 21.0. The highest BCUT2D eigenvalue weighted by molar-refractivity contribution is 5.94. The molecule has 3 aromatic rings. The smallest absolute Gasteiger partial charge is 0.272 e. The summed E-state index contributed by atoms with van der Waals surface area (Å²) in [5.74, 6) is 0.296. The Morgan fingerprint density at radius 3 is 2.28 bits per heavy atom. The van der Waals surface area contributed by atoms with Crippen LogP contribution in [0, 0.1) is 0 Å². The molecular formula is C27H32N4O. The fraction of sp³-hybridized carbons (Fsp3) is 0.407. The average molecular weight is 429 g/mol. The van der Waals surface area contributed by atoms with Crippen molar-refractivity contribution >= 4 is 5.91 Å². The van der Waals surface area contributed by atoms with Gasteiger partial charge in [-0.15, -0.1) is 0 Å². The number of hydrogen-bond acceptors (Lipinski definition) is 3. The molecule has 1 aromatic heterocycles. The van der Waals surface area contributed by atoms with E-state index in [1.165, 1.54) is 29.7 Å². The van der Waals surface area contributed by atoms with E-state index in [4.69, 9.17) is 0 Å². The summed E-state index contributed by atoms with van der Waals surface area (Å²) in [6.07, 6.45) is 5.51. The van der Waals surface area contributed by atoms with E-state index in [2.05, 4.69) is 76.0 Å². The van der Waals surface area contributed by atoms with Crippen molar-refractivity contribution in [3.63, 3.8) is 0 Å². The molecule has 1 amide bonds. The SMILES string of the molecule is Cn1nc(C(=O)NC2CCCC2)c2c1CCN(CC(c1ccccc1)c1ccccc1)C2. The minimum Gasteiger partial charge on any atom is -0.348 e. The van der Waals surface area contributed by atoms with Gasteiger partial charge in [-0.05, 0) is 24.0 Å². The van der Waals surface area contributed by atoms with E-state index in [9.17, 15) is 4.79 Å². The molecule has 2 heterocycles. The Morgan fingerprint density at radius 1 is 1.03 bits per heavy atom. The maximum absolute atomic E-state index is 13.1. The first-order valence-corrected chi connectivity index (χ1v) is 11.9. The van der Waals surface area contributed by atoms with Crippen LogP contribution in [0.2, 0.25) is 0 Å². The summed E-state index contributed by atoms with van der Waals surface area (Å²) in [5.41, 5.74) is 5.59. The van der Waals surface area contributed by atoms with Crippen LogP contribution in [0.25, 0.3) is 0 Å². The molecule has 0 radical (unpaired) electrons. The van der Waals surface area contributed by atoms with Gasteiger partial charge in [-0.25, -0.2) is 0 Å². The van der Waals surface area contributed by atoms with E-state index in [1.54, 1.807) is 0 Å². The van der Waals surface area contributed by atoms with Gasteiger partial charge in [0.15, 0.2) is 5.69 Å². The number of aromatic nitrogens is 2. The fourth-order valence-electron chi connectivity index (χ4n) is 5.34. The zero-order valence-corrected chi connectivity index (χ0v) is 18.8. The maximum atomic E-state index is 13.1. The molecule has 166 valence electrons. The minimum atomic E-state index is -0.00160. The molecule has 1 aliphatic carbocycles. The molecule has 2 aliphatic rings. The first-order valence-electron chi connectivity index (χ1n) is 11.9. The summed E-state index contributed by atoms with van der Waals surface area (Å²) in [7, 11) is 1.97. The summed E-state index contributed by atoms with van der Waals surface area (Å²) in [5, 5.41) is 7.87. The molecule has 1 fully saturated rings. The van der Waals surface area contributed by atoms with Gasteiger partial charge in [-0.2, -0.15) is 5.10 Å². The molecule has 32 heavy (non-hydrogen) atoms. The number of amides is 1. The third kappa shape index (κ3) is 4.35. The van der Waals surface area contributed by atoms with Crippen molar-refractivity contribution in [1.82, 2.24) is 20.0 Å². The van der Waals surface area contributed by atoms with Crippen LogP contribution >= 0.6 is 0 Å². The molecule has 0 atom stereocenters. The van der Waals surface area contributed by atoms with Crippen LogP contribution in [0.4, 0.5) is 0 Å². The average Bonchev–Trinajstić information content (AvgIpc) is 3.46. The van der Waals surface area contributed by atoms with Crippen molar-refractivity contribution in [3.8, 4) is 0 Å². The number of nitrogens with one attached hydrogen (secondary N) is 1. The topological polar surface area (TPSA) is 50.2 Å².